The summed E-state index contributed by atoms with van der Waals surface area (Å²) in [6.07, 6.45) is 3.06. The quantitative estimate of drug-likeness (QED) is 0.837. The van der Waals surface area contributed by atoms with Crippen LogP contribution in [0.5, 0.6) is 0 Å². The van der Waals surface area contributed by atoms with E-state index in [0.717, 1.165) is 16.5 Å². The number of methoxy groups -OCH3 is 1. The fraction of sp³-hybridized carbons (Fsp3) is 0.444. The van der Waals surface area contributed by atoms with E-state index in [1.54, 1.807) is 12.0 Å². The molecule has 2 aromatic rings. The highest BCUT2D eigenvalue weighted by atomic mass is 16.5. The summed E-state index contributed by atoms with van der Waals surface area (Å²) in [4.78, 5) is 29.1. The zero-order valence-electron chi connectivity index (χ0n) is 13.8. The lowest BCUT2D eigenvalue weighted by atomic mass is 9.96. The summed E-state index contributed by atoms with van der Waals surface area (Å²) in [6, 6.07) is 8.06. The van der Waals surface area contributed by atoms with Crippen molar-refractivity contribution in [1.29, 1.82) is 0 Å². The van der Waals surface area contributed by atoms with Crippen molar-refractivity contribution < 1.29 is 14.3 Å². The van der Waals surface area contributed by atoms with Crippen LogP contribution in [0.3, 0.4) is 0 Å². The fourth-order valence-corrected chi connectivity index (χ4v) is 3.52. The molecule has 0 radical (unpaired) electrons. The van der Waals surface area contributed by atoms with Gasteiger partial charge in [-0.15, -0.1) is 0 Å². The van der Waals surface area contributed by atoms with Crippen LogP contribution in [0, 0.1) is 11.8 Å². The molecule has 1 fully saturated rings. The molecule has 1 aromatic heterocycles. The number of aryl methyl sites for hydroxylation is 1. The maximum absolute atomic E-state index is 12.5. The summed E-state index contributed by atoms with van der Waals surface area (Å²) in [5.74, 6) is -0.624. The molecule has 0 saturated carbocycles. The van der Waals surface area contributed by atoms with E-state index in [1.165, 1.54) is 0 Å². The fourth-order valence-electron chi connectivity index (χ4n) is 3.52. The van der Waals surface area contributed by atoms with Gasteiger partial charge in [-0.2, -0.15) is 0 Å². The Morgan fingerprint density at radius 2 is 2.12 bits per heavy atom. The summed E-state index contributed by atoms with van der Waals surface area (Å²) in [6.45, 7) is 1.38. The van der Waals surface area contributed by atoms with Crippen LogP contribution in [0.25, 0.3) is 10.9 Å². The first kappa shape index (κ1) is 16.5. The molecule has 2 atom stereocenters. The van der Waals surface area contributed by atoms with E-state index in [9.17, 15) is 9.59 Å². The van der Waals surface area contributed by atoms with Crippen molar-refractivity contribution in [3.8, 4) is 0 Å². The average Bonchev–Trinajstić information content (AvgIpc) is 3.17. The van der Waals surface area contributed by atoms with E-state index < -0.39 is 0 Å². The van der Waals surface area contributed by atoms with Crippen molar-refractivity contribution >= 4 is 22.7 Å². The Morgan fingerprint density at radius 3 is 2.88 bits per heavy atom. The Bertz CT molecular complexity index is 740. The number of amides is 2. The number of carbonyl (C=O) groups is 2. The Balaban J connectivity index is 1.62. The molecule has 2 heterocycles. The summed E-state index contributed by atoms with van der Waals surface area (Å²) in [5.41, 5.74) is 7.67. The normalized spacial score (nSPS) is 20.6. The molecule has 1 aromatic carbocycles. The van der Waals surface area contributed by atoms with Gasteiger partial charge in [0.2, 0.25) is 11.8 Å². The largest absolute Gasteiger partial charge is 0.384 e. The van der Waals surface area contributed by atoms with E-state index in [-0.39, 0.29) is 23.7 Å². The molecule has 0 bridgehead atoms. The molecular weight excluding hydrogens is 306 g/mol. The van der Waals surface area contributed by atoms with Crippen LogP contribution in [0.4, 0.5) is 0 Å². The van der Waals surface area contributed by atoms with Gasteiger partial charge in [-0.25, -0.2) is 0 Å². The van der Waals surface area contributed by atoms with Crippen LogP contribution in [0.1, 0.15) is 12.0 Å². The number of hydrogen-bond acceptors (Lipinski definition) is 3. The van der Waals surface area contributed by atoms with E-state index in [2.05, 4.69) is 11.1 Å². The topological polar surface area (TPSA) is 88.4 Å². The third kappa shape index (κ3) is 3.28. The zero-order valence-corrected chi connectivity index (χ0v) is 13.8. The number of benzene rings is 1. The number of para-hydroxylation sites is 1. The van der Waals surface area contributed by atoms with Crippen LogP contribution in [0.15, 0.2) is 30.5 Å². The number of aromatic amines is 1. The number of nitrogens with two attached hydrogens (primary N) is 1. The van der Waals surface area contributed by atoms with E-state index >= 15 is 0 Å². The molecular formula is C18H23N3O3. The Morgan fingerprint density at radius 1 is 1.33 bits per heavy atom. The first-order valence-corrected chi connectivity index (χ1v) is 8.21. The standard InChI is InChI=1S/C18H23N3O3/c1-24-11-13-9-21(10-15(13)18(19)23)17(22)7-6-12-8-20-16-5-3-2-4-14(12)16/h2-5,8,13,15,20H,6-7,9-11H2,1H3,(H2,19,23)/t13-,15+/m0/s1. The number of aromatic nitrogens is 1. The van der Waals surface area contributed by atoms with Crippen molar-refractivity contribution in [2.24, 2.45) is 17.6 Å². The highest BCUT2D eigenvalue weighted by molar-refractivity contribution is 5.85. The molecule has 24 heavy (non-hydrogen) atoms. The summed E-state index contributed by atoms with van der Waals surface area (Å²) in [7, 11) is 1.60. The molecule has 1 aliphatic heterocycles. The predicted octanol–water partition coefficient (Wildman–Crippen LogP) is 1.31. The smallest absolute Gasteiger partial charge is 0.222 e. The molecule has 6 heteroatoms. The van der Waals surface area contributed by atoms with Gasteiger partial charge in [0.05, 0.1) is 12.5 Å². The number of ether oxygens (including phenoxy) is 1. The van der Waals surface area contributed by atoms with Gasteiger partial charge < -0.3 is 20.4 Å². The highest BCUT2D eigenvalue weighted by Gasteiger charge is 2.38. The van der Waals surface area contributed by atoms with Crippen molar-refractivity contribution in [1.82, 2.24) is 9.88 Å². The molecule has 6 nitrogen and oxygen atoms in total. The highest BCUT2D eigenvalue weighted by Crippen LogP contribution is 2.25. The third-order valence-corrected chi connectivity index (χ3v) is 4.82. The van der Waals surface area contributed by atoms with Gasteiger partial charge in [-0.1, -0.05) is 18.2 Å². The van der Waals surface area contributed by atoms with Crippen LogP contribution in [-0.4, -0.2) is 48.5 Å². The second kappa shape index (κ2) is 7.05. The summed E-state index contributed by atoms with van der Waals surface area (Å²) in [5, 5.41) is 1.15. The van der Waals surface area contributed by atoms with Gasteiger partial charge in [-0.3, -0.25) is 9.59 Å². The molecule has 3 rings (SSSR count). The van der Waals surface area contributed by atoms with E-state index in [0.29, 0.717) is 32.5 Å². The minimum atomic E-state index is -0.357. The van der Waals surface area contributed by atoms with Gasteiger partial charge >= 0.3 is 0 Å². The number of fused-ring (bicyclic) bond motifs is 1. The first-order chi connectivity index (χ1) is 11.6. The van der Waals surface area contributed by atoms with Crippen molar-refractivity contribution in [2.45, 2.75) is 12.8 Å². The van der Waals surface area contributed by atoms with Gasteiger partial charge in [0, 0.05) is 49.6 Å². The number of primary amides is 1. The molecule has 1 aliphatic rings. The number of likely N-dealkylation sites (tertiary alicyclic amines) is 1. The number of hydrogen-bond donors (Lipinski definition) is 2. The van der Waals surface area contributed by atoms with Crippen LogP contribution >= 0.6 is 0 Å². The molecule has 1 saturated heterocycles. The van der Waals surface area contributed by atoms with E-state index in [4.69, 9.17) is 10.5 Å². The Hall–Kier alpha value is -2.34. The lowest BCUT2D eigenvalue weighted by Gasteiger charge is -2.16. The number of carbonyl (C=O) groups excluding carboxylic acids is 2. The van der Waals surface area contributed by atoms with Gasteiger partial charge in [-0.05, 0) is 18.1 Å². The number of nitrogens with one attached hydrogen (secondary N) is 1. The first-order valence-electron chi connectivity index (χ1n) is 8.21. The average molecular weight is 329 g/mol. The van der Waals surface area contributed by atoms with Crippen LogP contribution in [-0.2, 0) is 20.7 Å². The van der Waals surface area contributed by atoms with Crippen LogP contribution in [0.2, 0.25) is 0 Å². The molecule has 128 valence electrons. The lowest BCUT2D eigenvalue weighted by Crippen LogP contribution is -2.32. The van der Waals surface area contributed by atoms with Gasteiger partial charge in [0.1, 0.15) is 0 Å². The predicted molar refractivity (Wildman–Crippen MR) is 91.3 cm³/mol. The number of rotatable bonds is 6. The summed E-state index contributed by atoms with van der Waals surface area (Å²) < 4.78 is 5.15. The van der Waals surface area contributed by atoms with Gasteiger partial charge in [0.25, 0.3) is 0 Å². The number of nitrogens with zero attached hydrogens (tertiary/aromatic N) is 1. The van der Waals surface area contributed by atoms with Crippen molar-refractivity contribution in [3.63, 3.8) is 0 Å². The monoisotopic (exact) mass is 329 g/mol. The molecule has 0 spiro atoms. The summed E-state index contributed by atoms with van der Waals surface area (Å²) >= 11 is 0. The van der Waals surface area contributed by atoms with Crippen LogP contribution < -0.4 is 5.73 Å². The molecule has 0 unspecified atom stereocenters. The molecule has 0 aliphatic carbocycles. The lowest BCUT2D eigenvalue weighted by molar-refractivity contribution is -0.130. The number of H-pyrrole nitrogens is 1. The maximum atomic E-state index is 12.5. The molecule has 2 amide bonds. The molecule has 3 N–H and O–H groups in total. The maximum Gasteiger partial charge on any atom is 0.222 e. The van der Waals surface area contributed by atoms with Gasteiger partial charge in [0.15, 0.2) is 0 Å². The Labute approximate surface area is 141 Å². The minimum Gasteiger partial charge on any atom is -0.384 e. The van der Waals surface area contributed by atoms with Crippen molar-refractivity contribution in [2.75, 3.05) is 26.8 Å². The van der Waals surface area contributed by atoms with Crippen molar-refractivity contribution in [3.05, 3.63) is 36.0 Å². The second-order valence-corrected chi connectivity index (χ2v) is 6.38. The second-order valence-electron chi connectivity index (χ2n) is 6.38. The van der Waals surface area contributed by atoms with E-state index in [1.807, 2.05) is 24.4 Å². The Kier molecular flexibility index (Phi) is 4.85. The minimum absolute atomic E-state index is 0.00969. The zero-order chi connectivity index (χ0) is 17.1. The third-order valence-electron chi connectivity index (χ3n) is 4.82. The SMILES string of the molecule is COC[C@@H]1CN(C(=O)CCc2c[nH]c3ccccc23)C[C@H]1C(N)=O.